The van der Waals surface area contributed by atoms with E-state index in [1.165, 1.54) is 0 Å². The maximum atomic E-state index is 5.97. The Morgan fingerprint density at radius 2 is 2.26 bits per heavy atom. The molecule has 0 spiro atoms. The topological polar surface area (TPSA) is 53.1 Å². The van der Waals surface area contributed by atoms with Gasteiger partial charge in [-0.3, -0.25) is 0 Å². The van der Waals surface area contributed by atoms with Crippen molar-refractivity contribution in [1.82, 2.24) is 9.55 Å². The van der Waals surface area contributed by atoms with E-state index in [2.05, 4.69) is 4.98 Å². The van der Waals surface area contributed by atoms with Crippen molar-refractivity contribution in [3.05, 3.63) is 47.0 Å². The SMILES string of the molecule is CC(N)c1cc(Cl)ccc1OCCc1nccn1C. The number of aryl methyl sites for hydroxylation is 1. The number of hydrogen-bond donors (Lipinski definition) is 1. The van der Waals surface area contributed by atoms with Gasteiger partial charge in [-0.05, 0) is 25.1 Å². The molecule has 2 N–H and O–H groups in total. The second-order valence-corrected chi connectivity index (χ2v) is 4.96. The summed E-state index contributed by atoms with van der Waals surface area (Å²) in [6.45, 7) is 2.48. The maximum Gasteiger partial charge on any atom is 0.124 e. The summed E-state index contributed by atoms with van der Waals surface area (Å²) in [6.07, 6.45) is 4.46. The Balaban J connectivity index is 2.01. The number of benzene rings is 1. The van der Waals surface area contributed by atoms with Crippen molar-refractivity contribution in [2.24, 2.45) is 12.8 Å². The van der Waals surface area contributed by atoms with Crippen molar-refractivity contribution >= 4 is 11.6 Å². The molecule has 0 aliphatic rings. The van der Waals surface area contributed by atoms with E-state index < -0.39 is 0 Å². The van der Waals surface area contributed by atoms with E-state index >= 15 is 0 Å². The number of nitrogens with two attached hydrogens (primary N) is 1. The van der Waals surface area contributed by atoms with Gasteiger partial charge in [-0.1, -0.05) is 11.6 Å². The van der Waals surface area contributed by atoms with E-state index in [-0.39, 0.29) is 6.04 Å². The zero-order valence-electron chi connectivity index (χ0n) is 11.1. The standard InChI is InChI=1S/C14H18ClN3O/c1-10(16)12-9-11(15)3-4-13(12)19-8-5-14-17-6-7-18(14)2/h3-4,6-7,9-10H,5,8,16H2,1-2H3. The summed E-state index contributed by atoms with van der Waals surface area (Å²) >= 11 is 5.97. The summed E-state index contributed by atoms with van der Waals surface area (Å²) in [5.41, 5.74) is 6.84. The molecule has 0 amide bonds. The van der Waals surface area contributed by atoms with Gasteiger partial charge in [0.05, 0.1) is 6.61 Å². The highest BCUT2D eigenvalue weighted by Crippen LogP contribution is 2.27. The summed E-state index contributed by atoms with van der Waals surface area (Å²) < 4.78 is 7.77. The van der Waals surface area contributed by atoms with Gasteiger partial charge in [0, 0.05) is 42.5 Å². The molecular weight excluding hydrogens is 262 g/mol. The van der Waals surface area contributed by atoms with Gasteiger partial charge in [0.2, 0.25) is 0 Å². The lowest BCUT2D eigenvalue weighted by molar-refractivity contribution is 0.313. The number of hydrogen-bond acceptors (Lipinski definition) is 3. The maximum absolute atomic E-state index is 5.97. The van der Waals surface area contributed by atoms with E-state index in [1.54, 1.807) is 6.20 Å². The third-order valence-electron chi connectivity index (χ3n) is 2.97. The molecule has 102 valence electrons. The molecule has 0 aliphatic heterocycles. The zero-order valence-corrected chi connectivity index (χ0v) is 11.9. The van der Waals surface area contributed by atoms with E-state index in [0.29, 0.717) is 11.6 Å². The van der Waals surface area contributed by atoms with Gasteiger partial charge in [0.1, 0.15) is 11.6 Å². The number of nitrogens with zero attached hydrogens (tertiary/aromatic N) is 2. The van der Waals surface area contributed by atoms with Crippen LogP contribution < -0.4 is 10.5 Å². The number of aromatic nitrogens is 2. The van der Waals surface area contributed by atoms with Crippen molar-refractivity contribution in [3.8, 4) is 5.75 Å². The molecule has 5 heteroatoms. The molecule has 19 heavy (non-hydrogen) atoms. The van der Waals surface area contributed by atoms with E-state index in [0.717, 1.165) is 23.6 Å². The van der Waals surface area contributed by atoms with E-state index in [9.17, 15) is 0 Å². The molecule has 0 aliphatic carbocycles. The fraction of sp³-hybridized carbons (Fsp3) is 0.357. The zero-order chi connectivity index (χ0) is 13.8. The van der Waals surface area contributed by atoms with Crippen LogP contribution in [0.1, 0.15) is 24.4 Å². The molecule has 4 nitrogen and oxygen atoms in total. The second kappa shape index (κ2) is 6.08. The molecule has 1 heterocycles. The second-order valence-electron chi connectivity index (χ2n) is 4.52. The van der Waals surface area contributed by atoms with Crippen LogP contribution in [0.4, 0.5) is 0 Å². The van der Waals surface area contributed by atoms with Gasteiger partial charge >= 0.3 is 0 Å². The molecule has 0 fully saturated rings. The average molecular weight is 280 g/mol. The van der Waals surface area contributed by atoms with Crippen LogP contribution in [0.15, 0.2) is 30.6 Å². The van der Waals surface area contributed by atoms with Crippen molar-refractivity contribution in [2.75, 3.05) is 6.61 Å². The Labute approximate surface area is 118 Å². The highest BCUT2D eigenvalue weighted by Gasteiger charge is 2.09. The van der Waals surface area contributed by atoms with Gasteiger partial charge in [0.15, 0.2) is 0 Å². The minimum absolute atomic E-state index is 0.109. The number of rotatable bonds is 5. The Bertz CT molecular complexity index is 551. The summed E-state index contributed by atoms with van der Waals surface area (Å²) in [7, 11) is 1.97. The first kappa shape index (κ1) is 13.9. The number of halogens is 1. The molecule has 1 aromatic carbocycles. The lowest BCUT2D eigenvalue weighted by atomic mass is 10.1. The fourth-order valence-corrected chi connectivity index (χ4v) is 2.08. The van der Waals surface area contributed by atoms with Crippen LogP contribution in [0.25, 0.3) is 0 Å². The minimum Gasteiger partial charge on any atom is -0.493 e. The number of imidazole rings is 1. The van der Waals surface area contributed by atoms with Crippen LogP contribution in [0.3, 0.4) is 0 Å². The summed E-state index contributed by atoms with van der Waals surface area (Å²) in [4.78, 5) is 4.26. The third kappa shape index (κ3) is 3.49. The molecular formula is C14H18ClN3O. The molecule has 2 rings (SSSR count). The molecule has 0 radical (unpaired) electrons. The van der Waals surface area contributed by atoms with Crippen molar-refractivity contribution in [3.63, 3.8) is 0 Å². The van der Waals surface area contributed by atoms with Crippen LogP contribution in [-0.4, -0.2) is 16.2 Å². The van der Waals surface area contributed by atoms with Crippen molar-refractivity contribution < 1.29 is 4.74 Å². The van der Waals surface area contributed by atoms with E-state index in [1.807, 2.05) is 42.9 Å². The molecule has 1 unspecified atom stereocenters. The summed E-state index contributed by atoms with van der Waals surface area (Å²) in [5, 5.41) is 0.670. The summed E-state index contributed by atoms with van der Waals surface area (Å²) in [6, 6.07) is 5.41. The highest BCUT2D eigenvalue weighted by atomic mass is 35.5. The molecule has 2 aromatic rings. The Morgan fingerprint density at radius 3 is 2.89 bits per heavy atom. The molecule has 1 atom stereocenters. The molecule has 1 aromatic heterocycles. The number of ether oxygens (including phenoxy) is 1. The first-order chi connectivity index (χ1) is 9.08. The average Bonchev–Trinajstić information content (AvgIpc) is 2.77. The van der Waals surface area contributed by atoms with Crippen LogP contribution >= 0.6 is 11.6 Å². The highest BCUT2D eigenvalue weighted by molar-refractivity contribution is 6.30. The smallest absolute Gasteiger partial charge is 0.124 e. The van der Waals surface area contributed by atoms with Gasteiger partial charge in [-0.15, -0.1) is 0 Å². The largest absolute Gasteiger partial charge is 0.493 e. The minimum atomic E-state index is -0.109. The predicted molar refractivity (Wildman–Crippen MR) is 76.5 cm³/mol. The van der Waals surface area contributed by atoms with Gasteiger partial charge in [-0.25, -0.2) is 4.98 Å². The third-order valence-corrected chi connectivity index (χ3v) is 3.20. The predicted octanol–water partition coefficient (Wildman–Crippen LogP) is 2.71. The first-order valence-corrected chi connectivity index (χ1v) is 6.59. The van der Waals surface area contributed by atoms with E-state index in [4.69, 9.17) is 22.1 Å². The fourth-order valence-electron chi connectivity index (χ4n) is 1.90. The first-order valence-electron chi connectivity index (χ1n) is 6.22. The van der Waals surface area contributed by atoms with Crippen LogP contribution in [0.2, 0.25) is 5.02 Å². The van der Waals surface area contributed by atoms with Crippen molar-refractivity contribution in [1.29, 1.82) is 0 Å². The van der Waals surface area contributed by atoms with Gasteiger partial charge in [-0.2, -0.15) is 0 Å². The van der Waals surface area contributed by atoms with Crippen LogP contribution in [0, 0.1) is 0 Å². The monoisotopic (exact) mass is 279 g/mol. The molecule has 0 saturated carbocycles. The lowest BCUT2D eigenvalue weighted by Gasteiger charge is -2.14. The quantitative estimate of drug-likeness (QED) is 0.916. The lowest BCUT2D eigenvalue weighted by Crippen LogP contribution is -2.11. The Hall–Kier alpha value is -1.52. The van der Waals surface area contributed by atoms with Crippen LogP contribution in [0.5, 0.6) is 5.75 Å². The van der Waals surface area contributed by atoms with Crippen molar-refractivity contribution in [2.45, 2.75) is 19.4 Å². The normalized spacial score (nSPS) is 12.4. The Morgan fingerprint density at radius 1 is 1.47 bits per heavy atom. The Kier molecular flexibility index (Phi) is 4.45. The summed E-state index contributed by atoms with van der Waals surface area (Å²) in [5.74, 6) is 1.78. The van der Waals surface area contributed by atoms with Gasteiger partial charge in [0.25, 0.3) is 0 Å². The molecule has 0 saturated heterocycles. The van der Waals surface area contributed by atoms with Gasteiger partial charge < -0.3 is 15.0 Å². The molecule has 0 bridgehead atoms. The van der Waals surface area contributed by atoms with Crippen LogP contribution in [-0.2, 0) is 13.5 Å².